The summed E-state index contributed by atoms with van der Waals surface area (Å²) in [7, 11) is 3.20. The van der Waals surface area contributed by atoms with Crippen LogP contribution in [0.3, 0.4) is 0 Å². The van der Waals surface area contributed by atoms with Crippen molar-refractivity contribution in [2.75, 3.05) is 14.2 Å². The van der Waals surface area contributed by atoms with Gasteiger partial charge in [0.1, 0.15) is 12.2 Å². The Balaban J connectivity index is 1.95. The summed E-state index contributed by atoms with van der Waals surface area (Å²) in [5.74, 6) is 0. The Morgan fingerprint density at radius 1 is 0.900 bits per heavy atom. The zero-order valence-electron chi connectivity index (χ0n) is 5.94. The molecule has 0 amide bonds. The molecule has 0 aliphatic carbocycles. The molecule has 0 radical (unpaired) electrons. The fraction of sp³-hybridized carbons (Fsp3) is 1.00. The average Bonchev–Trinajstić information content (AvgIpc) is 2.67. The summed E-state index contributed by atoms with van der Waals surface area (Å²) >= 11 is 0. The van der Waals surface area contributed by atoms with Crippen molar-refractivity contribution in [1.82, 2.24) is 0 Å². The van der Waals surface area contributed by atoms with E-state index in [0.717, 1.165) is 0 Å². The van der Waals surface area contributed by atoms with E-state index in [1.807, 2.05) is 0 Å². The van der Waals surface area contributed by atoms with Crippen molar-refractivity contribution in [3.63, 3.8) is 0 Å². The van der Waals surface area contributed by atoms with Crippen LogP contribution in [-0.2, 0) is 18.9 Å². The number of hydrogen-bond acceptors (Lipinski definition) is 4. The molecule has 2 aliphatic rings. The van der Waals surface area contributed by atoms with E-state index in [9.17, 15) is 0 Å². The smallest absolute Gasteiger partial charge is 0.189 e. The van der Waals surface area contributed by atoms with Crippen LogP contribution in [-0.4, -0.2) is 39.0 Å². The number of fused-ring (bicyclic) bond motifs is 1. The van der Waals surface area contributed by atoms with Crippen LogP contribution in [0.1, 0.15) is 0 Å². The Labute approximate surface area is 59.0 Å². The van der Waals surface area contributed by atoms with Crippen molar-refractivity contribution in [3.05, 3.63) is 0 Å². The van der Waals surface area contributed by atoms with Gasteiger partial charge in [-0.15, -0.1) is 0 Å². The molecular weight excluding hydrogens is 136 g/mol. The Kier molecular flexibility index (Phi) is 1.42. The molecule has 2 fully saturated rings. The van der Waals surface area contributed by atoms with Crippen molar-refractivity contribution in [3.8, 4) is 0 Å². The first-order valence-corrected chi connectivity index (χ1v) is 3.23. The third-order valence-corrected chi connectivity index (χ3v) is 1.83. The summed E-state index contributed by atoms with van der Waals surface area (Å²) in [6.07, 6.45) is -0.241. The highest BCUT2D eigenvalue weighted by Gasteiger charge is 2.59. The highest BCUT2D eigenvalue weighted by atomic mass is 16.8. The van der Waals surface area contributed by atoms with Gasteiger partial charge in [-0.3, -0.25) is 0 Å². The monoisotopic (exact) mass is 146 g/mol. The van der Waals surface area contributed by atoms with Gasteiger partial charge in [-0.25, -0.2) is 0 Å². The molecule has 4 nitrogen and oxygen atoms in total. The third-order valence-electron chi connectivity index (χ3n) is 1.83. The maximum Gasteiger partial charge on any atom is 0.189 e. The lowest BCUT2D eigenvalue weighted by molar-refractivity contribution is -0.226. The Hall–Kier alpha value is -0.160. The minimum atomic E-state index is -0.227. The van der Waals surface area contributed by atoms with Crippen LogP contribution >= 0.6 is 0 Å². The van der Waals surface area contributed by atoms with Gasteiger partial charge in [0.05, 0.1) is 0 Å². The lowest BCUT2D eigenvalue weighted by atomic mass is 10.3. The average molecular weight is 146 g/mol. The van der Waals surface area contributed by atoms with E-state index < -0.39 is 0 Å². The maximum atomic E-state index is 5.25. The van der Waals surface area contributed by atoms with Gasteiger partial charge in [0, 0.05) is 14.2 Å². The Bertz CT molecular complexity index is 124. The van der Waals surface area contributed by atoms with Gasteiger partial charge < -0.3 is 18.9 Å². The van der Waals surface area contributed by atoms with Gasteiger partial charge in [0.2, 0.25) is 0 Å². The van der Waals surface area contributed by atoms with Gasteiger partial charge >= 0.3 is 0 Å². The maximum absolute atomic E-state index is 5.25. The molecular formula is C6H10O4. The van der Waals surface area contributed by atoms with Crippen molar-refractivity contribution in [2.24, 2.45) is 0 Å². The summed E-state index contributed by atoms with van der Waals surface area (Å²) in [4.78, 5) is 0. The molecule has 2 aliphatic heterocycles. The molecule has 10 heavy (non-hydrogen) atoms. The Morgan fingerprint density at radius 3 is 1.70 bits per heavy atom. The SMILES string of the molecule is CO[C@@H]1O[C@H](OC)[C@@H]2O[C@H]12. The highest BCUT2D eigenvalue weighted by molar-refractivity contribution is 4.96. The molecule has 0 aromatic rings. The van der Waals surface area contributed by atoms with Crippen molar-refractivity contribution in [2.45, 2.75) is 24.8 Å². The largest absolute Gasteiger partial charge is 0.358 e. The third kappa shape index (κ3) is 0.769. The second kappa shape index (κ2) is 2.17. The van der Waals surface area contributed by atoms with Gasteiger partial charge in [0.15, 0.2) is 12.6 Å². The fourth-order valence-electron chi connectivity index (χ4n) is 1.24. The number of ether oxygens (including phenoxy) is 4. The summed E-state index contributed by atoms with van der Waals surface area (Å²) in [6.45, 7) is 0. The molecule has 0 aromatic heterocycles. The van der Waals surface area contributed by atoms with Crippen LogP contribution in [0.2, 0.25) is 0 Å². The van der Waals surface area contributed by atoms with Crippen molar-refractivity contribution < 1.29 is 18.9 Å². The highest BCUT2D eigenvalue weighted by Crippen LogP contribution is 2.39. The van der Waals surface area contributed by atoms with E-state index in [1.165, 1.54) is 0 Å². The molecule has 0 N–H and O–H groups in total. The summed E-state index contributed by atoms with van der Waals surface area (Å²) in [6, 6.07) is 0. The molecule has 58 valence electrons. The second-order valence-electron chi connectivity index (χ2n) is 2.41. The molecule has 2 rings (SSSR count). The summed E-state index contributed by atoms with van der Waals surface area (Å²) in [5, 5.41) is 0. The van der Waals surface area contributed by atoms with E-state index in [0.29, 0.717) is 0 Å². The predicted octanol–water partition coefficient (Wildman–Crippen LogP) is -0.271. The van der Waals surface area contributed by atoms with E-state index in [-0.39, 0.29) is 24.8 Å². The molecule has 0 spiro atoms. The predicted molar refractivity (Wildman–Crippen MR) is 31.3 cm³/mol. The molecule has 4 atom stereocenters. The first kappa shape index (κ1) is 6.54. The lowest BCUT2D eigenvalue weighted by Gasteiger charge is -2.13. The van der Waals surface area contributed by atoms with E-state index in [1.54, 1.807) is 14.2 Å². The Morgan fingerprint density at radius 2 is 1.40 bits per heavy atom. The number of epoxide rings is 1. The van der Waals surface area contributed by atoms with Crippen LogP contribution in [0.4, 0.5) is 0 Å². The molecule has 0 bridgehead atoms. The zero-order valence-corrected chi connectivity index (χ0v) is 5.94. The van der Waals surface area contributed by atoms with Gasteiger partial charge in [0.25, 0.3) is 0 Å². The topological polar surface area (TPSA) is 40.2 Å². The molecule has 2 heterocycles. The molecule has 4 heteroatoms. The molecule has 2 saturated heterocycles. The van der Waals surface area contributed by atoms with Crippen molar-refractivity contribution >= 4 is 0 Å². The first-order valence-electron chi connectivity index (χ1n) is 3.23. The van der Waals surface area contributed by atoms with E-state index >= 15 is 0 Å². The van der Waals surface area contributed by atoms with Gasteiger partial charge in [-0.1, -0.05) is 0 Å². The van der Waals surface area contributed by atoms with Crippen LogP contribution in [0.25, 0.3) is 0 Å². The number of methoxy groups -OCH3 is 2. The minimum absolute atomic E-state index is 0.106. The van der Waals surface area contributed by atoms with Crippen LogP contribution in [0, 0.1) is 0 Å². The van der Waals surface area contributed by atoms with Crippen LogP contribution in [0.15, 0.2) is 0 Å². The summed E-state index contributed by atoms with van der Waals surface area (Å²) < 4.78 is 20.4. The zero-order chi connectivity index (χ0) is 7.14. The standard InChI is InChI=1S/C6H10O4/c1-7-5-3-4(9-3)6(8-2)10-5/h3-6H,1-2H3/t3-,4+,5+,6-. The van der Waals surface area contributed by atoms with Crippen LogP contribution < -0.4 is 0 Å². The normalized spacial score (nSPS) is 51.0. The number of rotatable bonds is 2. The van der Waals surface area contributed by atoms with Gasteiger partial charge in [-0.2, -0.15) is 0 Å². The second-order valence-corrected chi connectivity index (χ2v) is 2.41. The summed E-state index contributed by atoms with van der Waals surface area (Å²) in [5.41, 5.74) is 0. The quantitative estimate of drug-likeness (QED) is 0.503. The fourth-order valence-corrected chi connectivity index (χ4v) is 1.24. The van der Waals surface area contributed by atoms with E-state index in [4.69, 9.17) is 18.9 Å². The molecule has 0 saturated carbocycles. The molecule has 0 unspecified atom stereocenters. The minimum Gasteiger partial charge on any atom is -0.358 e. The number of hydrogen-bond donors (Lipinski definition) is 0. The molecule has 0 aromatic carbocycles. The van der Waals surface area contributed by atoms with Crippen LogP contribution in [0.5, 0.6) is 0 Å². The van der Waals surface area contributed by atoms with E-state index in [2.05, 4.69) is 0 Å². The lowest BCUT2D eigenvalue weighted by Crippen LogP contribution is -2.22. The van der Waals surface area contributed by atoms with Gasteiger partial charge in [-0.05, 0) is 0 Å². The first-order chi connectivity index (χ1) is 4.86. The van der Waals surface area contributed by atoms with Crippen molar-refractivity contribution in [1.29, 1.82) is 0 Å².